The molecule has 0 aromatic rings. The fourth-order valence-corrected chi connectivity index (χ4v) is 0.625. The van der Waals surface area contributed by atoms with E-state index in [1.807, 2.05) is 0 Å². The average molecular weight is 191 g/mol. The number of hydrogen-bond donors (Lipinski definition) is 1. The van der Waals surface area contributed by atoms with Gasteiger partial charge < -0.3 is 5.32 Å². The number of hydrogen-bond acceptors (Lipinski definition) is 1. The molecule has 0 aromatic heterocycles. The highest BCUT2D eigenvalue weighted by Gasteiger charge is 2.25. The maximum absolute atomic E-state index is 11.5. The van der Waals surface area contributed by atoms with Gasteiger partial charge in [0.05, 0.1) is 6.54 Å². The molecule has 74 valence electrons. The molecule has 0 aliphatic carbocycles. The summed E-state index contributed by atoms with van der Waals surface area (Å²) in [7, 11) is 0. The third kappa shape index (κ3) is 9.61. The third-order valence-corrected chi connectivity index (χ3v) is 1.11. The highest BCUT2D eigenvalue weighted by molar-refractivity contribution is 4.54. The number of alkyl halides is 5. The standard InChI is InChI=1S/C6H10F5N/c7-5(8)4-12-3-1-2-6(9,10)11/h5,12H,1-4H2. The van der Waals surface area contributed by atoms with E-state index in [2.05, 4.69) is 5.32 Å². The normalized spacial score (nSPS) is 12.5. The Morgan fingerprint density at radius 3 is 2.17 bits per heavy atom. The van der Waals surface area contributed by atoms with Gasteiger partial charge in [0, 0.05) is 6.42 Å². The molecule has 12 heavy (non-hydrogen) atoms. The molecule has 0 amide bonds. The van der Waals surface area contributed by atoms with Gasteiger partial charge in [0.25, 0.3) is 6.43 Å². The molecule has 0 heterocycles. The fraction of sp³-hybridized carbons (Fsp3) is 1.00. The van der Waals surface area contributed by atoms with Crippen LogP contribution in [0.5, 0.6) is 0 Å². The summed E-state index contributed by atoms with van der Waals surface area (Å²) < 4.78 is 57.2. The van der Waals surface area contributed by atoms with Gasteiger partial charge in [-0.1, -0.05) is 0 Å². The topological polar surface area (TPSA) is 12.0 Å². The van der Waals surface area contributed by atoms with E-state index in [4.69, 9.17) is 0 Å². The molecule has 0 aliphatic rings. The second-order valence-corrected chi connectivity index (χ2v) is 2.31. The zero-order valence-corrected chi connectivity index (χ0v) is 6.30. The maximum atomic E-state index is 11.5. The lowest BCUT2D eigenvalue weighted by molar-refractivity contribution is -0.135. The van der Waals surface area contributed by atoms with E-state index in [1.165, 1.54) is 0 Å². The Balaban J connectivity index is 3.12. The molecule has 0 fully saturated rings. The quantitative estimate of drug-likeness (QED) is 0.518. The molecule has 0 aromatic carbocycles. The van der Waals surface area contributed by atoms with Crippen LogP contribution < -0.4 is 5.32 Å². The van der Waals surface area contributed by atoms with Gasteiger partial charge in [-0.25, -0.2) is 8.78 Å². The minimum absolute atomic E-state index is 0.0240. The summed E-state index contributed by atoms with van der Waals surface area (Å²) in [5.74, 6) is 0. The Hall–Kier alpha value is -0.390. The van der Waals surface area contributed by atoms with Crippen molar-refractivity contribution in [1.29, 1.82) is 0 Å². The Kier molecular flexibility index (Phi) is 5.12. The van der Waals surface area contributed by atoms with Crippen LogP contribution in [0.3, 0.4) is 0 Å². The molecule has 0 spiro atoms. The largest absolute Gasteiger partial charge is 0.389 e. The second-order valence-electron chi connectivity index (χ2n) is 2.31. The average Bonchev–Trinajstić information content (AvgIpc) is 1.83. The maximum Gasteiger partial charge on any atom is 0.389 e. The van der Waals surface area contributed by atoms with E-state index < -0.39 is 25.6 Å². The van der Waals surface area contributed by atoms with Gasteiger partial charge in [-0.3, -0.25) is 0 Å². The van der Waals surface area contributed by atoms with Gasteiger partial charge in [-0.2, -0.15) is 13.2 Å². The van der Waals surface area contributed by atoms with Crippen molar-refractivity contribution in [2.45, 2.75) is 25.4 Å². The minimum Gasteiger partial charge on any atom is -0.311 e. The van der Waals surface area contributed by atoms with Crippen LogP contribution in [-0.4, -0.2) is 25.7 Å². The molecule has 1 N–H and O–H groups in total. The molecular weight excluding hydrogens is 181 g/mol. The monoisotopic (exact) mass is 191 g/mol. The van der Waals surface area contributed by atoms with Crippen LogP contribution in [-0.2, 0) is 0 Å². The van der Waals surface area contributed by atoms with Crippen LogP contribution >= 0.6 is 0 Å². The molecule has 1 nitrogen and oxygen atoms in total. The molecule has 6 heteroatoms. The van der Waals surface area contributed by atoms with Crippen molar-refractivity contribution in [2.75, 3.05) is 13.1 Å². The molecular formula is C6H10F5N. The molecule has 0 radical (unpaired) electrons. The lowest BCUT2D eigenvalue weighted by Crippen LogP contribution is -2.23. The van der Waals surface area contributed by atoms with Crippen molar-refractivity contribution in [3.63, 3.8) is 0 Å². The first-order chi connectivity index (χ1) is 5.42. The zero-order chi connectivity index (χ0) is 9.61. The highest BCUT2D eigenvalue weighted by atomic mass is 19.4. The Bertz CT molecular complexity index is 111. The molecule has 0 aliphatic heterocycles. The fourth-order valence-electron chi connectivity index (χ4n) is 0.625. The van der Waals surface area contributed by atoms with Crippen LogP contribution in [0.15, 0.2) is 0 Å². The number of rotatable bonds is 5. The molecule has 0 atom stereocenters. The van der Waals surface area contributed by atoms with Gasteiger partial charge in [0.2, 0.25) is 0 Å². The first-order valence-electron chi connectivity index (χ1n) is 3.47. The van der Waals surface area contributed by atoms with Crippen molar-refractivity contribution in [2.24, 2.45) is 0 Å². The van der Waals surface area contributed by atoms with E-state index >= 15 is 0 Å². The Labute approximate surface area is 66.9 Å². The summed E-state index contributed by atoms with van der Waals surface area (Å²) >= 11 is 0. The van der Waals surface area contributed by atoms with Gasteiger partial charge >= 0.3 is 6.18 Å². The van der Waals surface area contributed by atoms with Gasteiger partial charge in [-0.15, -0.1) is 0 Å². The van der Waals surface area contributed by atoms with E-state index in [-0.39, 0.29) is 13.0 Å². The summed E-state index contributed by atoms with van der Waals surface area (Å²) in [5.41, 5.74) is 0. The summed E-state index contributed by atoms with van der Waals surface area (Å²) in [6, 6.07) is 0. The first-order valence-corrected chi connectivity index (χ1v) is 3.47. The SMILES string of the molecule is FC(F)CNCCCC(F)(F)F. The highest BCUT2D eigenvalue weighted by Crippen LogP contribution is 2.20. The van der Waals surface area contributed by atoms with Crippen LogP contribution in [0.25, 0.3) is 0 Å². The minimum atomic E-state index is -4.19. The van der Waals surface area contributed by atoms with Crippen LogP contribution in [0, 0.1) is 0 Å². The smallest absolute Gasteiger partial charge is 0.311 e. The van der Waals surface area contributed by atoms with Crippen molar-refractivity contribution in [3.8, 4) is 0 Å². The molecule has 0 rings (SSSR count). The predicted octanol–water partition coefficient (Wildman–Crippen LogP) is 2.18. The Morgan fingerprint density at radius 1 is 1.17 bits per heavy atom. The van der Waals surface area contributed by atoms with E-state index in [0.29, 0.717) is 0 Å². The summed E-state index contributed by atoms with van der Waals surface area (Å²) in [5, 5.41) is 2.21. The summed E-state index contributed by atoms with van der Waals surface area (Å²) in [6.07, 6.45) is -7.78. The van der Waals surface area contributed by atoms with Crippen molar-refractivity contribution in [1.82, 2.24) is 5.32 Å². The van der Waals surface area contributed by atoms with Gasteiger partial charge in [-0.05, 0) is 13.0 Å². The van der Waals surface area contributed by atoms with Crippen molar-refractivity contribution in [3.05, 3.63) is 0 Å². The van der Waals surface area contributed by atoms with Crippen LogP contribution in [0.2, 0.25) is 0 Å². The second kappa shape index (κ2) is 5.29. The van der Waals surface area contributed by atoms with E-state index in [9.17, 15) is 22.0 Å². The van der Waals surface area contributed by atoms with Gasteiger partial charge in [0.1, 0.15) is 0 Å². The first kappa shape index (κ1) is 11.6. The lowest BCUT2D eigenvalue weighted by Gasteiger charge is -2.06. The molecule has 0 unspecified atom stereocenters. The van der Waals surface area contributed by atoms with Gasteiger partial charge in [0.15, 0.2) is 0 Å². The third-order valence-electron chi connectivity index (χ3n) is 1.11. The van der Waals surface area contributed by atoms with Crippen molar-refractivity contribution < 1.29 is 22.0 Å². The summed E-state index contributed by atoms with van der Waals surface area (Å²) in [4.78, 5) is 0. The molecule has 0 bridgehead atoms. The molecule has 0 saturated carbocycles. The molecule has 0 saturated heterocycles. The predicted molar refractivity (Wildman–Crippen MR) is 34.2 cm³/mol. The number of nitrogens with one attached hydrogen (secondary N) is 1. The van der Waals surface area contributed by atoms with Crippen LogP contribution in [0.4, 0.5) is 22.0 Å². The van der Waals surface area contributed by atoms with E-state index in [1.54, 1.807) is 0 Å². The lowest BCUT2D eigenvalue weighted by atomic mass is 10.3. The van der Waals surface area contributed by atoms with E-state index in [0.717, 1.165) is 0 Å². The zero-order valence-electron chi connectivity index (χ0n) is 6.30. The summed E-state index contributed by atoms with van der Waals surface area (Å²) in [6.45, 7) is -0.568. The van der Waals surface area contributed by atoms with Crippen LogP contribution in [0.1, 0.15) is 12.8 Å². The van der Waals surface area contributed by atoms with Crippen molar-refractivity contribution >= 4 is 0 Å². The Morgan fingerprint density at radius 2 is 1.75 bits per heavy atom. The number of halogens is 5.